The number of H-pyrrole nitrogens is 1. The number of rotatable bonds is 7. The molecule has 1 aromatic heterocycles. The van der Waals surface area contributed by atoms with Crippen molar-refractivity contribution >= 4 is 17.6 Å². The second-order valence-electron chi connectivity index (χ2n) is 5.29. The van der Waals surface area contributed by atoms with Crippen LogP contribution < -0.4 is 21.3 Å². The monoisotopic (exact) mass is 361 g/mol. The summed E-state index contributed by atoms with van der Waals surface area (Å²) in [7, 11) is 0. The largest absolute Gasteiger partial charge is 0.492 e. The first kappa shape index (κ1) is 19.0. The molecule has 0 radical (unpaired) electrons. The molecule has 9 heteroatoms. The third kappa shape index (κ3) is 5.07. The molecule has 26 heavy (non-hydrogen) atoms. The Bertz CT molecular complexity index is 902. The molecule has 0 bridgehead atoms. The Labute approximate surface area is 148 Å². The normalized spacial score (nSPS) is 11.5. The van der Waals surface area contributed by atoms with Crippen molar-refractivity contribution in [3.63, 3.8) is 0 Å². The van der Waals surface area contributed by atoms with Crippen LogP contribution in [-0.2, 0) is 20.9 Å². The third-order valence-electron chi connectivity index (χ3n) is 3.32. The van der Waals surface area contributed by atoms with Gasteiger partial charge in [-0.05, 0) is 26.0 Å². The van der Waals surface area contributed by atoms with E-state index in [4.69, 9.17) is 9.47 Å². The highest BCUT2D eigenvalue weighted by molar-refractivity contribution is 5.96. The summed E-state index contributed by atoms with van der Waals surface area (Å²) in [5.74, 6) is -0.833. The Morgan fingerprint density at radius 3 is 2.65 bits per heavy atom. The van der Waals surface area contributed by atoms with Crippen LogP contribution in [0.15, 0.2) is 46.1 Å². The van der Waals surface area contributed by atoms with E-state index < -0.39 is 35.8 Å². The van der Waals surface area contributed by atoms with E-state index in [2.05, 4.69) is 5.32 Å². The molecule has 1 heterocycles. The Kier molecular flexibility index (Phi) is 6.31. The molecule has 2 rings (SSSR count). The summed E-state index contributed by atoms with van der Waals surface area (Å²) in [5.41, 5.74) is -0.850. The summed E-state index contributed by atoms with van der Waals surface area (Å²) in [5, 5.41) is 2.63. The fourth-order valence-corrected chi connectivity index (χ4v) is 2.08. The van der Waals surface area contributed by atoms with E-state index in [1.54, 1.807) is 24.3 Å². The van der Waals surface area contributed by atoms with Crippen LogP contribution in [-0.4, -0.2) is 34.1 Å². The van der Waals surface area contributed by atoms with Crippen molar-refractivity contribution in [3.05, 3.63) is 57.4 Å². The zero-order chi connectivity index (χ0) is 19.1. The fraction of sp³-hybridized carbons (Fsp3) is 0.294. The van der Waals surface area contributed by atoms with Gasteiger partial charge in [-0.1, -0.05) is 12.1 Å². The van der Waals surface area contributed by atoms with E-state index in [1.165, 1.54) is 13.1 Å². The lowest BCUT2D eigenvalue weighted by Crippen LogP contribution is -2.35. The number of ether oxygens (including phenoxy) is 2. The topological polar surface area (TPSA) is 119 Å². The molecule has 0 saturated carbocycles. The molecule has 1 aromatic carbocycles. The molecular weight excluding hydrogens is 342 g/mol. The van der Waals surface area contributed by atoms with Crippen molar-refractivity contribution < 1.29 is 19.1 Å². The summed E-state index contributed by atoms with van der Waals surface area (Å²) >= 11 is 0. The molecule has 1 amide bonds. The number of nitrogens with one attached hydrogen (secondary N) is 2. The second kappa shape index (κ2) is 8.65. The molecule has 0 unspecified atom stereocenters. The van der Waals surface area contributed by atoms with Crippen LogP contribution >= 0.6 is 0 Å². The first-order valence-corrected chi connectivity index (χ1v) is 7.92. The van der Waals surface area contributed by atoms with E-state index >= 15 is 0 Å². The number of anilines is 1. The molecular formula is C17H19N3O6. The Balaban J connectivity index is 1.97. The highest BCUT2D eigenvalue weighted by Gasteiger charge is 2.19. The molecule has 0 aliphatic rings. The molecule has 0 aliphatic heterocycles. The van der Waals surface area contributed by atoms with E-state index in [-0.39, 0.29) is 0 Å². The number of hydrogen-bond donors (Lipinski definition) is 2. The van der Waals surface area contributed by atoms with Crippen molar-refractivity contribution in [3.8, 4) is 5.75 Å². The van der Waals surface area contributed by atoms with Crippen LogP contribution in [0.4, 0.5) is 5.69 Å². The highest BCUT2D eigenvalue weighted by Crippen LogP contribution is 2.23. The number of carbonyl (C=O) groups is 2. The minimum atomic E-state index is -1.09. The van der Waals surface area contributed by atoms with Gasteiger partial charge in [-0.25, -0.2) is 4.79 Å². The summed E-state index contributed by atoms with van der Waals surface area (Å²) in [6.45, 7) is 3.24. The number of aromatic nitrogens is 2. The number of hydrogen-bond acceptors (Lipinski definition) is 6. The van der Waals surface area contributed by atoms with Crippen molar-refractivity contribution in [1.29, 1.82) is 0 Å². The molecule has 138 valence electrons. The molecule has 0 fully saturated rings. The average Bonchev–Trinajstić information content (AvgIpc) is 2.59. The van der Waals surface area contributed by atoms with Crippen molar-refractivity contribution in [2.24, 2.45) is 0 Å². The predicted molar refractivity (Wildman–Crippen MR) is 93.1 cm³/mol. The Hall–Kier alpha value is -3.36. The maximum Gasteiger partial charge on any atom is 0.328 e. The van der Waals surface area contributed by atoms with Gasteiger partial charge < -0.3 is 14.8 Å². The van der Waals surface area contributed by atoms with Gasteiger partial charge in [0.15, 0.2) is 6.10 Å². The van der Waals surface area contributed by atoms with Gasteiger partial charge in [-0.15, -0.1) is 0 Å². The van der Waals surface area contributed by atoms with Crippen molar-refractivity contribution in [2.45, 2.75) is 26.5 Å². The van der Waals surface area contributed by atoms with Crippen molar-refractivity contribution in [1.82, 2.24) is 9.55 Å². The molecule has 2 N–H and O–H groups in total. The number of amides is 1. The zero-order valence-electron chi connectivity index (χ0n) is 14.4. The SMILES string of the molecule is CCOc1ccccc1NC(=O)[C@H](C)OC(=O)Cn1ccc(=O)[nH]c1=O. The van der Waals surface area contributed by atoms with Crippen LogP contribution in [0.1, 0.15) is 13.8 Å². The standard InChI is InChI=1S/C17H19N3O6/c1-3-25-13-7-5-4-6-12(13)18-16(23)11(2)26-15(22)10-20-9-8-14(21)19-17(20)24/h4-9,11H,3,10H2,1-2H3,(H,18,23)(H,19,21,24)/t11-/m0/s1. The van der Waals surface area contributed by atoms with Crippen LogP contribution in [0.2, 0.25) is 0 Å². The van der Waals surface area contributed by atoms with Gasteiger partial charge in [0.1, 0.15) is 12.3 Å². The lowest BCUT2D eigenvalue weighted by Gasteiger charge is -2.15. The number of benzene rings is 1. The Morgan fingerprint density at radius 1 is 1.23 bits per heavy atom. The summed E-state index contributed by atoms with van der Waals surface area (Å²) in [6, 6.07) is 7.98. The van der Waals surface area contributed by atoms with Crippen LogP contribution in [0.3, 0.4) is 0 Å². The summed E-state index contributed by atoms with van der Waals surface area (Å²) < 4.78 is 11.4. The lowest BCUT2D eigenvalue weighted by molar-refractivity contribution is -0.153. The fourth-order valence-electron chi connectivity index (χ4n) is 2.08. The van der Waals surface area contributed by atoms with E-state index in [9.17, 15) is 19.2 Å². The maximum atomic E-state index is 12.2. The van der Waals surface area contributed by atoms with Crippen LogP contribution in [0.5, 0.6) is 5.75 Å². The number of carbonyl (C=O) groups excluding carboxylic acids is 2. The number of nitrogens with zero attached hydrogens (tertiary/aromatic N) is 1. The van der Waals surface area contributed by atoms with Gasteiger partial charge >= 0.3 is 11.7 Å². The smallest absolute Gasteiger partial charge is 0.328 e. The lowest BCUT2D eigenvalue weighted by atomic mass is 10.2. The highest BCUT2D eigenvalue weighted by atomic mass is 16.5. The van der Waals surface area contributed by atoms with Gasteiger partial charge in [-0.3, -0.25) is 23.9 Å². The Morgan fingerprint density at radius 2 is 1.96 bits per heavy atom. The first-order chi connectivity index (χ1) is 12.4. The minimum absolute atomic E-state index is 0.428. The predicted octanol–water partition coefficient (Wildman–Crippen LogP) is 0.506. The second-order valence-corrected chi connectivity index (χ2v) is 5.29. The molecule has 2 aromatic rings. The average molecular weight is 361 g/mol. The van der Waals surface area contributed by atoms with Crippen LogP contribution in [0.25, 0.3) is 0 Å². The molecule has 1 atom stereocenters. The van der Waals surface area contributed by atoms with Gasteiger partial charge in [0.2, 0.25) is 0 Å². The molecule has 0 saturated heterocycles. The van der Waals surface area contributed by atoms with E-state index in [1.807, 2.05) is 11.9 Å². The van der Waals surface area contributed by atoms with Gasteiger partial charge in [0, 0.05) is 12.3 Å². The third-order valence-corrected chi connectivity index (χ3v) is 3.32. The number of esters is 1. The summed E-state index contributed by atoms with van der Waals surface area (Å²) in [4.78, 5) is 48.7. The van der Waals surface area contributed by atoms with Crippen LogP contribution in [0, 0.1) is 0 Å². The number of aromatic amines is 1. The minimum Gasteiger partial charge on any atom is -0.492 e. The van der Waals surface area contributed by atoms with Crippen molar-refractivity contribution in [2.75, 3.05) is 11.9 Å². The van der Waals surface area contributed by atoms with Gasteiger partial charge in [0.05, 0.1) is 12.3 Å². The molecule has 9 nitrogen and oxygen atoms in total. The quantitative estimate of drug-likeness (QED) is 0.693. The maximum absolute atomic E-state index is 12.2. The van der Waals surface area contributed by atoms with Gasteiger partial charge in [-0.2, -0.15) is 0 Å². The van der Waals surface area contributed by atoms with Gasteiger partial charge in [0.25, 0.3) is 11.5 Å². The summed E-state index contributed by atoms with van der Waals surface area (Å²) in [6.07, 6.45) is 0.0848. The van der Waals surface area contributed by atoms with E-state index in [0.29, 0.717) is 18.0 Å². The zero-order valence-corrected chi connectivity index (χ0v) is 14.4. The number of para-hydroxylation sites is 2. The molecule has 0 spiro atoms. The first-order valence-electron chi connectivity index (χ1n) is 7.92. The van der Waals surface area contributed by atoms with E-state index in [0.717, 1.165) is 10.6 Å². The molecule has 0 aliphatic carbocycles.